The molecule has 0 saturated carbocycles. The Balaban J connectivity index is 1.73. The van der Waals surface area contributed by atoms with Crippen LogP contribution >= 0.6 is 11.8 Å². The van der Waals surface area contributed by atoms with Crippen LogP contribution in [0, 0.1) is 12.3 Å². The predicted molar refractivity (Wildman–Crippen MR) is 92.7 cm³/mol. The second-order valence-electron chi connectivity index (χ2n) is 6.57. The van der Waals surface area contributed by atoms with Crippen molar-refractivity contribution in [3.05, 3.63) is 41.4 Å². The van der Waals surface area contributed by atoms with E-state index in [4.69, 9.17) is 10.3 Å². The van der Waals surface area contributed by atoms with Crippen molar-refractivity contribution >= 4 is 17.7 Å². The molecule has 0 aliphatic carbocycles. The van der Waals surface area contributed by atoms with E-state index >= 15 is 0 Å². The van der Waals surface area contributed by atoms with Crippen molar-refractivity contribution in [3.63, 3.8) is 0 Å². The maximum atomic E-state index is 12.9. The lowest BCUT2D eigenvalue weighted by Gasteiger charge is -2.23. The molecule has 2 aromatic rings. The highest BCUT2D eigenvalue weighted by Crippen LogP contribution is 2.31. The van der Waals surface area contributed by atoms with Crippen LogP contribution in [0.3, 0.4) is 0 Å². The molecule has 2 N–H and O–H groups in total. The van der Waals surface area contributed by atoms with Gasteiger partial charge in [-0.15, -0.1) is 0 Å². The molecule has 1 fully saturated rings. The number of aryl methyl sites for hydroxylation is 1. The van der Waals surface area contributed by atoms with Gasteiger partial charge in [-0.1, -0.05) is 23.8 Å². The number of carbonyl (C=O) groups is 1. The zero-order valence-corrected chi connectivity index (χ0v) is 14.8. The third kappa shape index (κ3) is 3.62. The number of rotatable bonds is 5. The Morgan fingerprint density at radius 2 is 2.38 bits per heavy atom. The van der Waals surface area contributed by atoms with Gasteiger partial charge in [0.1, 0.15) is 10.8 Å². The van der Waals surface area contributed by atoms with Gasteiger partial charge in [0.25, 0.3) is 5.91 Å². The first-order valence-corrected chi connectivity index (χ1v) is 8.99. The van der Waals surface area contributed by atoms with E-state index in [1.807, 2.05) is 24.0 Å². The van der Waals surface area contributed by atoms with Crippen molar-refractivity contribution in [3.8, 4) is 0 Å². The molecule has 1 amide bonds. The van der Waals surface area contributed by atoms with Gasteiger partial charge in [0.2, 0.25) is 0 Å². The predicted octanol–water partition coefficient (Wildman–Crippen LogP) is 2.48. The summed E-state index contributed by atoms with van der Waals surface area (Å²) < 4.78 is 5.08. The van der Waals surface area contributed by atoms with E-state index in [0.717, 1.165) is 29.4 Å². The van der Waals surface area contributed by atoms with Crippen LogP contribution in [0.2, 0.25) is 0 Å². The summed E-state index contributed by atoms with van der Waals surface area (Å²) in [6, 6.07) is 5.53. The van der Waals surface area contributed by atoms with Gasteiger partial charge in [0, 0.05) is 31.1 Å². The van der Waals surface area contributed by atoms with Gasteiger partial charge in [-0.25, -0.2) is 4.98 Å². The third-order valence-electron chi connectivity index (χ3n) is 4.37. The Labute approximate surface area is 145 Å². The fraction of sp³-hybridized carbons (Fsp3) is 0.471. The Bertz CT molecular complexity index is 733. The highest BCUT2D eigenvalue weighted by molar-refractivity contribution is 7.98. The van der Waals surface area contributed by atoms with Gasteiger partial charge in [-0.05, 0) is 37.4 Å². The molecule has 0 bridgehead atoms. The molecule has 1 atom stereocenters. The summed E-state index contributed by atoms with van der Waals surface area (Å²) in [5, 5.41) is 4.71. The average molecular weight is 346 g/mol. The van der Waals surface area contributed by atoms with Crippen molar-refractivity contribution in [1.82, 2.24) is 15.0 Å². The minimum Gasteiger partial charge on any atom is -0.361 e. The second kappa shape index (κ2) is 6.94. The normalized spacial score (nSPS) is 20.5. The van der Waals surface area contributed by atoms with Gasteiger partial charge < -0.3 is 15.2 Å². The lowest BCUT2D eigenvalue weighted by molar-refractivity contribution is 0.0772. The minimum absolute atomic E-state index is 0.0173. The molecule has 0 aromatic carbocycles. The molecule has 1 saturated heterocycles. The molecule has 1 aliphatic rings. The molecule has 2 aromatic heterocycles. The zero-order chi connectivity index (χ0) is 17.2. The number of nitrogens with zero attached hydrogens (tertiary/aromatic N) is 3. The number of amides is 1. The second-order valence-corrected chi connectivity index (χ2v) is 7.53. The topological polar surface area (TPSA) is 85.2 Å². The van der Waals surface area contributed by atoms with E-state index in [-0.39, 0.29) is 11.3 Å². The lowest BCUT2D eigenvalue weighted by atomic mass is 9.90. The molecule has 0 radical (unpaired) electrons. The smallest absolute Gasteiger partial charge is 0.256 e. The summed E-state index contributed by atoms with van der Waals surface area (Å²) in [7, 11) is 0. The summed E-state index contributed by atoms with van der Waals surface area (Å²) in [6.07, 6.45) is 2.65. The Morgan fingerprint density at radius 3 is 3.04 bits per heavy atom. The maximum absolute atomic E-state index is 12.9. The first-order valence-electron chi connectivity index (χ1n) is 8.00. The lowest BCUT2D eigenvalue weighted by Crippen LogP contribution is -2.34. The minimum atomic E-state index is 0.0173. The fourth-order valence-corrected chi connectivity index (χ4v) is 3.70. The van der Waals surface area contributed by atoms with Crippen molar-refractivity contribution in [2.75, 3.05) is 19.6 Å². The highest BCUT2D eigenvalue weighted by Gasteiger charge is 2.35. The summed E-state index contributed by atoms with van der Waals surface area (Å²) in [6.45, 7) is 6.03. The van der Waals surface area contributed by atoms with Crippen molar-refractivity contribution in [2.24, 2.45) is 11.1 Å². The SMILES string of the molecule is Cc1cc(CSc2ncccc2C(=O)N2CCC(C)(CN)C2)no1. The molecule has 3 heterocycles. The first kappa shape index (κ1) is 17.0. The van der Waals surface area contributed by atoms with Crippen molar-refractivity contribution in [2.45, 2.75) is 31.0 Å². The van der Waals surface area contributed by atoms with Crippen LogP contribution in [0.1, 0.15) is 35.2 Å². The van der Waals surface area contributed by atoms with Crippen molar-refractivity contribution in [1.29, 1.82) is 0 Å². The summed E-state index contributed by atoms with van der Waals surface area (Å²) in [4.78, 5) is 19.1. The van der Waals surface area contributed by atoms with E-state index in [1.165, 1.54) is 11.8 Å². The Kier molecular flexibility index (Phi) is 4.91. The molecule has 7 heteroatoms. The average Bonchev–Trinajstić information content (AvgIpc) is 3.19. The molecular weight excluding hydrogens is 324 g/mol. The Morgan fingerprint density at radius 1 is 1.54 bits per heavy atom. The number of hydrogen-bond donors (Lipinski definition) is 1. The van der Waals surface area contributed by atoms with Crippen LogP contribution in [-0.2, 0) is 5.75 Å². The number of hydrogen-bond acceptors (Lipinski definition) is 6. The quantitative estimate of drug-likeness (QED) is 0.837. The fourth-order valence-electron chi connectivity index (χ4n) is 2.83. The summed E-state index contributed by atoms with van der Waals surface area (Å²) in [5.41, 5.74) is 7.35. The maximum Gasteiger partial charge on any atom is 0.256 e. The molecule has 1 aliphatic heterocycles. The van der Waals surface area contributed by atoms with Crippen LogP contribution in [0.15, 0.2) is 33.9 Å². The number of nitrogens with two attached hydrogens (primary N) is 1. The number of aromatic nitrogens is 2. The Hall–Kier alpha value is -1.86. The van der Waals surface area contributed by atoms with Crippen LogP contribution < -0.4 is 5.73 Å². The van der Waals surface area contributed by atoms with Gasteiger partial charge in [-0.3, -0.25) is 4.79 Å². The molecule has 0 spiro atoms. The number of pyridine rings is 1. The van der Waals surface area contributed by atoms with Gasteiger partial charge in [0.05, 0.1) is 11.3 Å². The van der Waals surface area contributed by atoms with E-state index in [0.29, 0.717) is 24.4 Å². The molecule has 128 valence electrons. The molecule has 24 heavy (non-hydrogen) atoms. The van der Waals surface area contributed by atoms with Crippen LogP contribution in [0.4, 0.5) is 0 Å². The molecule has 3 rings (SSSR count). The van der Waals surface area contributed by atoms with E-state index in [1.54, 1.807) is 12.3 Å². The van der Waals surface area contributed by atoms with Crippen LogP contribution in [0.25, 0.3) is 0 Å². The molecule has 1 unspecified atom stereocenters. The standard InChI is InChI=1S/C17H22N4O2S/c1-12-8-13(20-23-12)9-24-15-14(4-3-6-19-15)16(22)21-7-5-17(2,10-18)11-21/h3-4,6,8H,5,7,9-11,18H2,1-2H3. The van der Waals surface area contributed by atoms with Gasteiger partial charge in [-0.2, -0.15) is 0 Å². The molecule has 6 nitrogen and oxygen atoms in total. The number of likely N-dealkylation sites (tertiary alicyclic amines) is 1. The van der Waals surface area contributed by atoms with E-state index in [2.05, 4.69) is 17.1 Å². The zero-order valence-electron chi connectivity index (χ0n) is 14.0. The number of carbonyl (C=O) groups excluding carboxylic acids is 1. The van der Waals surface area contributed by atoms with E-state index < -0.39 is 0 Å². The number of thioether (sulfide) groups is 1. The summed E-state index contributed by atoms with van der Waals surface area (Å²) >= 11 is 1.50. The summed E-state index contributed by atoms with van der Waals surface area (Å²) in [5.74, 6) is 1.43. The van der Waals surface area contributed by atoms with Crippen LogP contribution in [-0.4, -0.2) is 40.6 Å². The highest BCUT2D eigenvalue weighted by atomic mass is 32.2. The first-order chi connectivity index (χ1) is 11.5. The third-order valence-corrected chi connectivity index (χ3v) is 5.41. The van der Waals surface area contributed by atoms with E-state index in [9.17, 15) is 4.79 Å². The van der Waals surface area contributed by atoms with Gasteiger partial charge >= 0.3 is 0 Å². The van der Waals surface area contributed by atoms with Crippen LogP contribution in [0.5, 0.6) is 0 Å². The van der Waals surface area contributed by atoms with Gasteiger partial charge in [0.15, 0.2) is 0 Å². The van der Waals surface area contributed by atoms with Crippen molar-refractivity contribution < 1.29 is 9.32 Å². The largest absolute Gasteiger partial charge is 0.361 e. The molecular formula is C17H22N4O2S. The monoisotopic (exact) mass is 346 g/mol.